The van der Waals surface area contributed by atoms with Gasteiger partial charge in [0, 0.05) is 13.1 Å². The summed E-state index contributed by atoms with van der Waals surface area (Å²) < 4.78 is 16.0. The Labute approximate surface area is 171 Å². The molecule has 3 rings (SSSR count). The van der Waals surface area contributed by atoms with E-state index in [2.05, 4.69) is 29.5 Å². The van der Waals surface area contributed by atoms with Gasteiger partial charge in [0.25, 0.3) is 0 Å². The van der Waals surface area contributed by atoms with E-state index in [9.17, 15) is 4.79 Å². The Morgan fingerprint density at radius 1 is 1.41 bits per heavy atom. The second-order valence-electron chi connectivity index (χ2n) is 7.50. The van der Waals surface area contributed by atoms with Crippen molar-refractivity contribution >= 4 is 17.8 Å². The van der Waals surface area contributed by atoms with Crippen LogP contribution in [0.5, 0.6) is 5.75 Å². The molecular weight excluding hydrogens is 370 g/mol. The first-order chi connectivity index (χ1) is 14.0. The Hall–Kier alpha value is -2.80. The number of anilines is 1. The summed E-state index contributed by atoms with van der Waals surface area (Å²) in [6.45, 7) is 8.63. The molecule has 1 fully saturated rings. The highest BCUT2D eigenvalue weighted by Crippen LogP contribution is 2.26. The number of benzene rings is 1. The summed E-state index contributed by atoms with van der Waals surface area (Å²) >= 11 is 0. The third-order valence-corrected chi connectivity index (χ3v) is 4.78. The van der Waals surface area contributed by atoms with Crippen LogP contribution in [0.2, 0.25) is 0 Å². The molecule has 0 bridgehead atoms. The van der Waals surface area contributed by atoms with Crippen LogP contribution in [-0.4, -0.2) is 48.5 Å². The quantitative estimate of drug-likeness (QED) is 0.697. The SMILES string of the molecule is CC(C)OCCOc1cccc(/C=C2\CCN(C(=O)Nc3cnoc3)CC2C)c1. The Bertz CT molecular complexity index is 817. The number of nitrogens with zero attached hydrogens (tertiary/aromatic N) is 2. The molecular formula is C22H29N3O4. The van der Waals surface area contributed by atoms with Crippen LogP contribution in [0.15, 0.2) is 46.8 Å². The number of carbonyl (C=O) groups excluding carboxylic acids is 1. The van der Waals surface area contributed by atoms with Crippen molar-refractivity contribution in [1.29, 1.82) is 0 Å². The van der Waals surface area contributed by atoms with Gasteiger partial charge < -0.3 is 24.2 Å². The largest absolute Gasteiger partial charge is 0.491 e. The van der Waals surface area contributed by atoms with Crippen molar-refractivity contribution in [2.24, 2.45) is 5.92 Å². The van der Waals surface area contributed by atoms with Crippen molar-refractivity contribution in [3.63, 3.8) is 0 Å². The Morgan fingerprint density at radius 2 is 2.28 bits per heavy atom. The summed E-state index contributed by atoms with van der Waals surface area (Å²) in [5.41, 5.74) is 3.01. The van der Waals surface area contributed by atoms with Crippen LogP contribution in [0.1, 0.15) is 32.8 Å². The molecule has 7 heteroatoms. The van der Waals surface area contributed by atoms with Crippen LogP contribution >= 0.6 is 0 Å². The van der Waals surface area contributed by atoms with Gasteiger partial charge in [-0.05, 0) is 43.9 Å². The first-order valence-corrected chi connectivity index (χ1v) is 10.0. The molecule has 0 spiro atoms. The lowest BCUT2D eigenvalue weighted by Gasteiger charge is -2.33. The standard InChI is InChI=1S/C22H29N3O4/c1-16(2)27-9-10-28-21-6-4-5-18(12-21)11-19-7-8-25(14-17(19)3)22(26)24-20-13-23-29-15-20/h4-6,11-13,15-17H,7-10,14H2,1-3H3,(H,24,26)/b19-11+. The Kier molecular flexibility index (Phi) is 7.30. The molecule has 1 N–H and O–H groups in total. The minimum absolute atomic E-state index is 0.127. The minimum Gasteiger partial charge on any atom is -0.491 e. The van der Waals surface area contributed by atoms with Gasteiger partial charge in [-0.25, -0.2) is 4.79 Å². The number of carbonyl (C=O) groups is 1. The molecule has 156 valence electrons. The third kappa shape index (κ3) is 6.35. The summed E-state index contributed by atoms with van der Waals surface area (Å²) in [5.74, 6) is 1.12. The summed E-state index contributed by atoms with van der Waals surface area (Å²) in [7, 11) is 0. The molecule has 1 unspecified atom stereocenters. The van der Waals surface area contributed by atoms with Gasteiger partial charge in [-0.2, -0.15) is 0 Å². The number of likely N-dealkylation sites (tertiary alicyclic amines) is 1. The van der Waals surface area contributed by atoms with E-state index < -0.39 is 0 Å². The average molecular weight is 399 g/mol. The molecule has 1 aliphatic heterocycles. The molecule has 2 heterocycles. The normalized spacial score (nSPS) is 18.3. The number of amides is 2. The van der Waals surface area contributed by atoms with E-state index in [0.29, 0.717) is 32.0 Å². The van der Waals surface area contributed by atoms with Gasteiger partial charge in [-0.1, -0.05) is 35.9 Å². The number of hydrogen-bond donors (Lipinski definition) is 1. The first kappa shape index (κ1) is 20.9. The van der Waals surface area contributed by atoms with Crippen LogP contribution in [-0.2, 0) is 4.74 Å². The van der Waals surface area contributed by atoms with Crippen molar-refractivity contribution in [2.75, 3.05) is 31.6 Å². The predicted octanol–water partition coefficient (Wildman–Crippen LogP) is 4.44. The zero-order valence-electron chi connectivity index (χ0n) is 17.3. The van der Waals surface area contributed by atoms with Gasteiger partial charge in [-0.3, -0.25) is 0 Å². The molecule has 1 aliphatic rings. The molecule has 1 aromatic carbocycles. The molecule has 0 saturated carbocycles. The third-order valence-electron chi connectivity index (χ3n) is 4.78. The molecule has 2 aromatic rings. The van der Waals surface area contributed by atoms with Gasteiger partial charge in [-0.15, -0.1) is 0 Å². The maximum Gasteiger partial charge on any atom is 0.322 e. The molecule has 29 heavy (non-hydrogen) atoms. The number of ether oxygens (including phenoxy) is 2. The highest BCUT2D eigenvalue weighted by atomic mass is 16.5. The van der Waals surface area contributed by atoms with E-state index in [4.69, 9.17) is 14.0 Å². The molecule has 7 nitrogen and oxygen atoms in total. The van der Waals surface area contributed by atoms with E-state index in [0.717, 1.165) is 17.7 Å². The van der Waals surface area contributed by atoms with E-state index in [-0.39, 0.29) is 18.1 Å². The fourth-order valence-electron chi connectivity index (χ4n) is 3.27. The van der Waals surface area contributed by atoms with E-state index in [1.165, 1.54) is 18.0 Å². The van der Waals surface area contributed by atoms with Gasteiger partial charge in [0.05, 0.1) is 18.9 Å². The number of rotatable bonds is 7. The summed E-state index contributed by atoms with van der Waals surface area (Å²) in [6.07, 6.45) is 6.16. The number of aromatic nitrogens is 1. The number of piperidine rings is 1. The second kappa shape index (κ2) is 10.1. The number of urea groups is 1. The zero-order chi connectivity index (χ0) is 20.6. The maximum absolute atomic E-state index is 12.4. The fraction of sp³-hybridized carbons (Fsp3) is 0.455. The van der Waals surface area contributed by atoms with E-state index >= 15 is 0 Å². The molecule has 1 saturated heterocycles. The molecule has 0 aliphatic carbocycles. The van der Waals surface area contributed by atoms with Crippen LogP contribution in [0.4, 0.5) is 10.5 Å². The summed E-state index contributed by atoms with van der Waals surface area (Å²) in [5, 5.41) is 6.40. The van der Waals surface area contributed by atoms with E-state index in [1.807, 2.05) is 36.9 Å². The Balaban J connectivity index is 1.54. The van der Waals surface area contributed by atoms with Crippen LogP contribution in [0.25, 0.3) is 6.08 Å². The van der Waals surface area contributed by atoms with Gasteiger partial charge in [0.1, 0.15) is 24.3 Å². The zero-order valence-corrected chi connectivity index (χ0v) is 17.3. The topological polar surface area (TPSA) is 76.8 Å². The smallest absolute Gasteiger partial charge is 0.322 e. The van der Waals surface area contributed by atoms with Crippen molar-refractivity contribution in [3.8, 4) is 5.75 Å². The Morgan fingerprint density at radius 3 is 3.00 bits per heavy atom. The molecule has 1 atom stereocenters. The molecule has 0 radical (unpaired) electrons. The molecule has 1 aromatic heterocycles. The van der Waals surface area contributed by atoms with Crippen molar-refractivity contribution in [1.82, 2.24) is 10.1 Å². The monoisotopic (exact) mass is 399 g/mol. The van der Waals surface area contributed by atoms with Crippen molar-refractivity contribution in [3.05, 3.63) is 47.9 Å². The lowest BCUT2D eigenvalue weighted by Crippen LogP contribution is -2.42. The minimum atomic E-state index is -0.127. The fourth-order valence-corrected chi connectivity index (χ4v) is 3.27. The lowest BCUT2D eigenvalue weighted by atomic mass is 9.91. The first-order valence-electron chi connectivity index (χ1n) is 10.0. The van der Waals surface area contributed by atoms with Gasteiger partial charge >= 0.3 is 6.03 Å². The van der Waals surface area contributed by atoms with E-state index in [1.54, 1.807) is 0 Å². The summed E-state index contributed by atoms with van der Waals surface area (Å²) in [6, 6.07) is 7.94. The highest BCUT2D eigenvalue weighted by Gasteiger charge is 2.24. The average Bonchev–Trinajstić information content (AvgIpc) is 3.20. The van der Waals surface area contributed by atoms with Crippen molar-refractivity contribution in [2.45, 2.75) is 33.3 Å². The second-order valence-corrected chi connectivity index (χ2v) is 7.50. The number of nitrogens with one attached hydrogen (secondary N) is 1. The van der Waals surface area contributed by atoms with Crippen LogP contribution in [0, 0.1) is 5.92 Å². The van der Waals surface area contributed by atoms with Crippen LogP contribution < -0.4 is 10.1 Å². The van der Waals surface area contributed by atoms with Gasteiger partial charge in [0.15, 0.2) is 0 Å². The molecule has 2 amide bonds. The van der Waals surface area contributed by atoms with Crippen molar-refractivity contribution < 1.29 is 18.8 Å². The highest BCUT2D eigenvalue weighted by molar-refractivity contribution is 5.89. The van der Waals surface area contributed by atoms with Crippen LogP contribution in [0.3, 0.4) is 0 Å². The predicted molar refractivity (Wildman–Crippen MR) is 112 cm³/mol. The summed E-state index contributed by atoms with van der Waals surface area (Å²) in [4.78, 5) is 14.2. The number of hydrogen-bond acceptors (Lipinski definition) is 5. The maximum atomic E-state index is 12.4. The van der Waals surface area contributed by atoms with Gasteiger partial charge in [0.2, 0.25) is 0 Å². The lowest BCUT2D eigenvalue weighted by molar-refractivity contribution is 0.0552.